The summed E-state index contributed by atoms with van der Waals surface area (Å²) in [6.45, 7) is 0.212. The molecule has 174 valence electrons. The van der Waals surface area contributed by atoms with Crippen LogP contribution < -0.4 is 15.4 Å². The second-order valence-corrected chi connectivity index (χ2v) is 8.60. The zero-order chi connectivity index (χ0) is 24.2. The number of carbonyl (C=O) groups is 3. The second kappa shape index (κ2) is 7.69. The van der Waals surface area contributed by atoms with E-state index in [1.165, 1.54) is 12.0 Å². The molecule has 0 bridgehead atoms. The molecule has 35 heavy (non-hydrogen) atoms. The van der Waals surface area contributed by atoms with Crippen LogP contribution in [0.2, 0.25) is 0 Å². The number of urea groups is 1. The van der Waals surface area contributed by atoms with Crippen LogP contribution in [0.25, 0.3) is 22.1 Å². The van der Waals surface area contributed by atoms with Crippen molar-refractivity contribution in [1.82, 2.24) is 20.5 Å². The van der Waals surface area contributed by atoms with Gasteiger partial charge in [0.2, 0.25) is 0 Å². The van der Waals surface area contributed by atoms with E-state index in [0.717, 1.165) is 22.1 Å². The molecule has 6 rings (SSSR count). The Balaban J connectivity index is 1.38. The number of nitrogens with zero attached hydrogens (tertiary/aromatic N) is 2. The molecule has 2 aliphatic heterocycles. The number of imide groups is 1. The number of hydrogen-bond donors (Lipinski definition) is 2. The van der Waals surface area contributed by atoms with Crippen molar-refractivity contribution in [3.63, 3.8) is 0 Å². The van der Waals surface area contributed by atoms with E-state index in [-0.39, 0.29) is 18.2 Å². The number of rotatable bonds is 5. The molecule has 9 heteroatoms. The van der Waals surface area contributed by atoms with Gasteiger partial charge >= 0.3 is 6.03 Å². The highest BCUT2D eigenvalue weighted by molar-refractivity contribution is 6.08. The number of methoxy groups -OCH3 is 1. The van der Waals surface area contributed by atoms with E-state index in [1.807, 2.05) is 36.4 Å². The molecule has 1 saturated heterocycles. The van der Waals surface area contributed by atoms with Crippen LogP contribution in [0.3, 0.4) is 0 Å². The van der Waals surface area contributed by atoms with Crippen molar-refractivity contribution in [2.24, 2.45) is 0 Å². The summed E-state index contributed by atoms with van der Waals surface area (Å²) in [7, 11) is 1.54. The SMILES string of the molecule is COc1ccc2c(c1)C(=O)N(CC1(c3cc4cc(-c5cccnc5)ccc4o3)NC(=O)NC1=O)C2. The van der Waals surface area contributed by atoms with Gasteiger partial charge in [0, 0.05) is 35.5 Å². The first kappa shape index (κ1) is 20.9. The predicted octanol–water partition coefficient (Wildman–Crippen LogP) is 3.19. The highest BCUT2D eigenvalue weighted by Crippen LogP contribution is 2.36. The summed E-state index contributed by atoms with van der Waals surface area (Å²) in [6, 6.07) is 15.8. The van der Waals surface area contributed by atoms with Crippen molar-refractivity contribution in [1.29, 1.82) is 0 Å². The van der Waals surface area contributed by atoms with Crippen LogP contribution in [-0.4, -0.2) is 41.4 Å². The minimum atomic E-state index is -1.56. The Hall–Kier alpha value is -4.66. The monoisotopic (exact) mass is 468 g/mol. The van der Waals surface area contributed by atoms with Gasteiger partial charge in [-0.1, -0.05) is 18.2 Å². The molecule has 4 amide bonds. The highest BCUT2D eigenvalue weighted by atomic mass is 16.5. The number of nitrogens with one attached hydrogen (secondary N) is 2. The molecule has 0 aliphatic carbocycles. The van der Waals surface area contributed by atoms with Gasteiger partial charge in [-0.2, -0.15) is 0 Å². The van der Waals surface area contributed by atoms with E-state index in [1.54, 1.807) is 30.6 Å². The molecule has 1 atom stereocenters. The topological polar surface area (TPSA) is 114 Å². The van der Waals surface area contributed by atoms with Crippen molar-refractivity contribution in [2.75, 3.05) is 13.7 Å². The number of hydrogen-bond acceptors (Lipinski definition) is 6. The van der Waals surface area contributed by atoms with Crippen LogP contribution in [0.5, 0.6) is 5.75 Å². The largest absolute Gasteiger partial charge is 0.497 e. The summed E-state index contributed by atoms with van der Waals surface area (Å²) in [5.74, 6) is 0.000350. The lowest BCUT2D eigenvalue weighted by atomic mass is 9.95. The quantitative estimate of drug-likeness (QED) is 0.435. The van der Waals surface area contributed by atoms with E-state index in [0.29, 0.717) is 23.4 Å². The first-order valence-corrected chi connectivity index (χ1v) is 11.0. The van der Waals surface area contributed by atoms with E-state index in [9.17, 15) is 14.4 Å². The van der Waals surface area contributed by atoms with E-state index < -0.39 is 17.5 Å². The Bertz CT molecular complexity index is 1510. The first-order chi connectivity index (χ1) is 17.0. The maximum absolute atomic E-state index is 13.2. The summed E-state index contributed by atoms with van der Waals surface area (Å²) in [5, 5.41) is 5.78. The molecule has 0 saturated carbocycles. The maximum Gasteiger partial charge on any atom is 0.322 e. The zero-order valence-electron chi connectivity index (χ0n) is 18.7. The van der Waals surface area contributed by atoms with Crippen LogP contribution in [0, 0.1) is 0 Å². The van der Waals surface area contributed by atoms with Gasteiger partial charge in [-0.25, -0.2) is 4.79 Å². The van der Waals surface area contributed by atoms with Crippen LogP contribution in [0.4, 0.5) is 4.79 Å². The lowest BCUT2D eigenvalue weighted by molar-refractivity contribution is -0.125. The second-order valence-electron chi connectivity index (χ2n) is 8.60. The minimum Gasteiger partial charge on any atom is -0.497 e. The normalized spacial score (nSPS) is 19.1. The maximum atomic E-state index is 13.2. The number of pyridine rings is 1. The molecule has 4 heterocycles. The standard InChI is InChI=1S/C26H20N4O5/c1-34-19-6-4-17-13-30(23(31)20(17)11-19)14-26(24(32)28-25(33)29-26)22-10-18-9-15(5-7-21(18)35-22)16-3-2-8-27-12-16/h2-12H,13-14H2,1H3,(H2,28,29,32,33). The molecule has 2 aromatic heterocycles. The highest BCUT2D eigenvalue weighted by Gasteiger charge is 2.53. The molecular formula is C26H20N4O5. The van der Waals surface area contributed by atoms with Crippen LogP contribution >= 0.6 is 0 Å². The number of furan rings is 1. The van der Waals surface area contributed by atoms with Gasteiger partial charge in [0.25, 0.3) is 11.8 Å². The molecular weight excluding hydrogens is 448 g/mol. The van der Waals surface area contributed by atoms with Gasteiger partial charge in [-0.05, 0) is 47.5 Å². The third-order valence-electron chi connectivity index (χ3n) is 6.50. The summed E-state index contributed by atoms with van der Waals surface area (Å²) >= 11 is 0. The number of aromatic nitrogens is 1. The zero-order valence-corrected chi connectivity index (χ0v) is 18.7. The van der Waals surface area contributed by atoms with Gasteiger partial charge in [-0.3, -0.25) is 19.9 Å². The number of fused-ring (bicyclic) bond motifs is 2. The van der Waals surface area contributed by atoms with Crippen LogP contribution in [-0.2, 0) is 16.9 Å². The average Bonchev–Trinajstić information content (AvgIpc) is 3.53. The Morgan fingerprint density at radius 2 is 1.97 bits per heavy atom. The fraction of sp³-hybridized carbons (Fsp3) is 0.154. The van der Waals surface area contributed by atoms with Crippen molar-refractivity contribution in [3.8, 4) is 16.9 Å². The number of carbonyl (C=O) groups excluding carboxylic acids is 3. The van der Waals surface area contributed by atoms with Gasteiger partial charge in [-0.15, -0.1) is 0 Å². The number of benzene rings is 2. The molecule has 0 radical (unpaired) electrons. The predicted molar refractivity (Wildman–Crippen MR) is 126 cm³/mol. The molecule has 1 unspecified atom stereocenters. The fourth-order valence-electron chi connectivity index (χ4n) is 4.70. The molecule has 4 aromatic rings. The van der Waals surface area contributed by atoms with Gasteiger partial charge < -0.3 is 19.4 Å². The van der Waals surface area contributed by atoms with Gasteiger partial charge in [0.1, 0.15) is 17.1 Å². The molecule has 2 aliphatic rings. The summed E-state index contributed by atoms with van der Waals surface area (Å²) in [6.07, 6.45) is 3.47. The summed E-state index contributed by atoms with van der Waals surface area (Å²) < 4.78 is 11.3. The Kier molecular flexibility index (Phi) is 4.60. The molecule has 1 fully saturated rings. The third kappa shape index (κ3) is 3.31. The Labute approximate surface area is 199 Å². The lowest BCUT2D eigenvalue weighted by Gasteiger charge is -2.29. The van der Waals surface area contributed by atoms with E-state index >= 15 is 0 Å². The van der Waals surface area contributed by atoms with Crippen molar-refractivity contribution >= 4 is 28.8 Å². The first-order valence-electron chi connectivity index (χ1n) is 11.0. The molecule has 9 nitrogen and oxygen atoms in total. The average molecular weight is 468 g/mol. The minimum absolute atomic E-state index is 0.0876. The van der Waals surface area contributed by atoms with E-state index in [4.69, 9.17) is 9.15 Å². The lowest BCUT2D eigenvalue weighted by Crippen LogP contribution is -2.52. The smallest absolute Gasteiger partial charge is 0.322 e. The van der Waals surface area contributed by atoms with Gasteiger partial charge in [0.05, 0.1) is 13.7 Å². The van der Waals surface area contributed by atoms with Crippen LogP contribution in [0.15, 0.2) is 71.4 Å². The fourth-order valence-corrected chi connectivity index (χ4v) is 4.70. The number of amides is 4. The van der Waals surface area contributed by atoms with Crippen molar-refractivity contribution in [2.45, 2.75) is 12.1 Å². The number of ether oxygens (including phenoxy) is 1. The molecule has 0 spiro atoms. The van der Waals surface area contributed by atoms with Crippen LogP contribution in [0.1, 0.15) is 21.7 Å². The van der Waals surface area contributed by atoms with Crippen molar-refractivity contribution < 1.29 is 23.5 Å². The van der Waals surface area contributed by atoms with Gasteiger partial charge in [0.15, 0.2) is 5.54 Å². The summed E-state index contributed by atoms with van der Waals surface area (Å²) in [5.41, 5.74) is 2.20. The van der Waals surface area contributed by atoms with Crippen molar-refractivity contribution in [3.05, 3.63) is 83.9 Å². The Morgan fingerprint density at radius 1 is 1.09 bits per heavy atom. The Morgan fingerprint density at radius 3 is 2.71 bits per heavy atom. The summed E-state index contributed by atoms with van der Waals surface area (Å²) in [4.78, 5) is 44.2. The molecule has 2 aromatic carbocycles. The molecule has 2 N–H and O–H groups in total. The van der Waals surface area contributed by atoms with E-state index in [2.05, 4.69) is 15.6 Å². The third-order valence-corrected chi connectivity index (χ3v) is 6.50.